The predicted molar refractivity (Wildman–Crippen MR) is 97.8 cm³/mol. The summed E-state index contributed by atoms with van der Waals surface area (Å²) in [5.41, 5.74) is 2.52. The lowest BCUT2D eigenvalue weighted by Gasteiger charge is -2.22. The third kappa shape index (κ3) is 4.99. The molecule has 0 bridgehead atoms. The van der Waals surface area contributed by atoms with Crippen LogP contribution >= 0.6 is 0 Å². The standard InChI is InChI=1S/C20H24N2O/c1-20(2,21-19(23)17-8-6-5-7-9-17)15-14-16-10-12-18(13-11-16)22(3)4/h5-15H,1-4H3,(H,21,23)/b15-14+. The van der Waals surface area contributed by atoms with E-state index in [1.54, 1.807) is 0 Å². The monoisotopic (exact) mass is 308 g/mol. The third-order valence-corrected chi connectivity index (χ3v) is 3.57. The van der Waals surface area contributed by atoms with Crippen LogP contribution in [-0.2, 0) is 0 Å². The van der Waals surface area contributed by atoms with Crippen LogP contribution in [0.1, 0.15) is 29.8 Å². The maximum atomic E-state index is 12.2. The van der Waals surface area contributed by atoms with Crippen molar-refractivity contribution in [1.82, 2.24) is 5.32 Å². The molecule has 0 radical (unpaired) electrons. The molecule has 2 aromatic rings. The Kier molecular flexibility index (Phi) is 5.22. The molecular weight excluding hydrogens is 284 g/mol. The molecule has 0 saturated carbocycles. The fraction of sp³-hybridized carbons (Fsp3) is 0.250. The Morgan fingerprint density at radius 2 is 1.61 bits per heavy atom. The molecule has 0 unspecified atom stereocenters. The number of carbonyl (C=O) groups is 1. The third-order valence-electron chi connectivity index (χ3n) is 3.57. The summed E-state index contributed by atoms with van der Waals surface area (Å²) in [5.74, 6) is -0.0665. The summed E-state index contributed by atoms with van der Waals surface area (Å²) in [6.07, 6.45) is 4.04. The van der Waals surface area contributed by atoms with E-state index in [0.29, 0.717) is 5.56 Å². The second kappa shape index (κ2) is 7.14. The second-order valence-corrected chi connectivity index (χ2v) is 6.36. The zero-order valence-electron chi connectivity index (χ0n) is 14.2. The molecule has 0 aliphatic carbocycles. The van der Waals surface area contributed by atoms with Gasteiger partial charge in [-0.15, -0.1) is 0 Å². The van der Waals surface area contributed by atoms with E-state index in [-0.39, 0.29) is 5.91 Å². The molecule has 2 rings (SSSR count). The van der Waals surface area contributed by atoms with Gasteiger partial charge in [-0.3, -0.25) is 4.79 Å². The zero-order valence-corrected chi connectivity index (χ0v) is 14.2. The number of hydrogen-bond donors (Lipinski definition) is 1. The Bertz CT molecular complexity index is 671. The Hall–Kier alpha value is -2.55. The van der Waals surface area contributed by atoms with Crippen LogP contribution in [0.3, 0.4) is 0 Å². The molecule has 0 saturated heterocycles. The van der Waals surface area contributed by atoms with Gasteiger partial charge in [-0.05, 0) is 43.7 Å². The van der Waals surface area contributed by atoms with Crippen molar-refractivity contribution in [2.45, 2.75) is 19.4 Å². The van der Waals surface area contributed by atoms with Gasteiger partial charge < -0.3 is 10.2 Å². The first-order valence-electron chi connectivity index (χ1n) is 7.71. The van der Waals surface area contributed by atoms with Crippen molar-refractivity contribution in [3.05, 3.63) is 71.8 Å². The Morgan fingerprint density at radius 3 is 2.17 bits per heavy atom. The molecule has 0 aliphatic heterocycles. The Morgan fingerprint density at radius 1 is 1.00 bits per heavy atom. The van der Waals surface area contributed by atoms with Gasteiger partial charge >= 0.3 is 0 Å². The lowest BCUT2D eigenvalue weighted by Crippen LogP contribution is -2.41. The van der Waals surface area contributed by atoms with Crippen LogP contribution in [0.2, 0.25) is 0 Å². The molecule has 0 spiro atoms. The van der Waals surface area contributed by atoms with Gasteiger partial charge in [0.15, 0.2) is 0 Å². The molecular formula is C20H24N2O. The van der Waals surface area contributed by atoms with Crippen molar-refractivity contribution < 1.29 is 4.79 Å². The van der Waals surface area contributed by atoms with E-state index in [0.717, 1.165) is 5.56 Å². The van der Waals surface area contributed by atoms with E-state index in [9.17, 15) is 4.79 Å². The normalized spacial score (nSPS) is 11.5. The summed E-state index contributed by atoms with van der Waals surface area (Å²) in [6, 6.07) is 17.6. The first kappa shape index (κ1) is 16.8. The van der Waals surface area contributed by atoms with Crippen LogP contribution in [0, 0.1) is 0 Å². The van der Waals surface area contributed by atoms with Gasteiger partial charge in [-0.25, -0.2) is 0 Å². The summed E-state index contributed by atoms with van der Waals surface area (Å²) in [5, 5.41) is 3.04. The smallest absolute Gasteiger partial charge is 0.251 e. The van der Waals surface area contributed by atoms with E-state index >= 15 is 0 Å². The van der Waals surface area contributed by atoms with Crippen molar-refractivity contribution in [3.8, 4) is 0 Å². The molecule has 3 heteroatoms. The zero-order chi connectivity index (χ0) is 16.9. The van der Waals surface area contributed by atoms with E-state index in [2.05, 4.69) is 34.5 Å². The van der Waals surface area contributed by atoms with Crippen LogP contribution < -0.4 is 10.2 Å². The van der Waals surface area contributed by atoms with Crippen molar-refractivity contribution in [2.24, 2.45) is 0 Å². The van der Waals surface area contributed by atoms with Crippen LogP contribution in [0.25, 0.3) is 6.08 Å². The van der Waals surface area contributed by atoms with Gasteiger partial charge in [-0.2, -0.15) is 0 Å². The first-order chi connectivity index (χ1) is 10.9. The fourth-order valence-corrected chi connectivity index (χ4v) is 2.18. The number of nitrogens with one attached hydrogen (secondary N) is 1. The first-order valence-corrected chi connectivity index (χ1v) is 7.71. The van der Waals surface area contributed by atoms with Gasteiger partial charge in [0, 0.05) is 25.3 Å². The molecule has 0 fully saturated rings. The number of benzene rings is 2. The lowest BCUT2D eigenvalue weighted by molar-refractivity contribution is 0.0927. The summed E-state index contributed by atoms with van der Waals surface area (Å²) in [4.78, 5) is 14.3. The largest absolute Gasteiger partial charge is 0.378 e. The minimum atomic E-state index is -0.423. The van der Waals surface area contributed by atoms with Crippen LogP contribution in [0.15, 0.2) is 60.7 Å². The van der Waals surface area contributed by atoms with Crippen molar-refractivity contribution >= 4 is 17.7 Å². The number of hydrogen-bond acceptors (Lipinski definition) is 2. The maximum absolute atomic E-state index is 12.2. The number of anilines is 1. The average molecular weight is 308 g/mol. The molecule has 23 heavy (non-hydrogen) atoms. The Balaban J connectivity index is 2.03. The van der Waals surface area contributed by atoms with Gasteiger partial charge in [0.2, 0.25) is 0 Å². The summed E-state index contributed by atoms with van der Waals surface area (Å²) in [6.45, 7) is 3.97. The Labute approximate surface area is 138 Å². The minimum absolute atomic E-state index is 0.0665. The van der Waals surface area contributed by atoms with Crippen LogP contribution in [0.4, 0.5) is 5.69 Å². The predicted octanol–water partition coefficient (Wildman–Crippen LogP) is 3.97. The van der Waals surface area contributed by atoms with Gasteiger partial charge in [0.05, 0.1) is 5.54 Å². The van der Waals surface area contributed by atoms with Crippen LogP contribution in [0.5, 0.6) is 0 Å². The topological polar surface area (TPSA) is 32.3 Å². The van der Waals surface area contributed by atoms with E-state index < -0.39 is 5.54 Å². The highest BCUT2D eigenvalue weighted by atomic mass is 16.1. The lowest BCUT2D eigenvalue weighted by atomic mass is 10.0. The molecule has 0 aliphatic rings. The second-order valence-electron chi connectivity index (χ2n) is 6.36. The van der Waals surface area contributed by atoms with Crippen molar-refractivity contribution in [1.29, 1.82) is 0 Å². The van der Waals surface area contributed by atoms with E-state index in [1.165, 1.54) is 5.69 Å². The number of carbonyl (C=O) groups excluding carboxylic acids is 1. The quantitative estimate of drug-likeness (QED) is 0.906. The highest BCUT2D eigenvalue weighted by Crippen LogP contribution is 2.15. The molecule has 2 aromatic carbocycles. The molecule has 0 aromatic heterocycles. The van der Waals surface area contributed by atoms with Crippen molar-refractivity contribution in [3.63, 3.8) is 0 Å². The van der Waals surface area contributed by atoms with E-state index in [1.807, 2.05) is 70.4 Å². The summed E-state index contributed by atoms with van der Waals surface area (Å²) >= 11 is 0. The summed E-state index contributed by atoms with van der Waals surface area (Å²) in [7, 11) is 4.04. The highest BCUT2D eigenvalue weighted by Gasteiger charge is 2.17. The molecule has 1 N–H and O–H groups in total. The fourth-order valence-electron chi connectivity index (χ4n) is 2.18. The number of rotatable bonds is 5. The molecule has 0 atom stereocenters. The van der Waals surface area contributed by atoms with Crippen LogP contribution in [-0.4, -0.2) is 25.5 Å². The highest BCUT2D eigenvalue weighted by molar-refractivity contribution is 5.94. The average Bonchev–Trinajstić information content (AvgIpc) is 2.54. The minimum Gasteiger partial charge on any atom is -0.378 e. The van der Waals surface area contributed by atoms with E-state index in [4.69, 9.17) is 0 Å². The van der Waals surface area contributed by atoms with Gasteiger partial charge in [-0.1, -0.05) is 42.5 Å². The van der Waals surface area contributed by atoms with Gasteiger partial charge in [0.1, 0.15) is 0 Å². The maximum Gasteiger partial charge on any atom is 0.251 e. The number of nitrogens with zero attached hydrogens (tertiary/aromatic N) is 1. The molecule has 0 heterocycles. The van der Waals surface area contributed by atoms with Crippen molar-refractivity contribution in [2.75, 3.05) is 19.0 Å². The number of amides is 1. The molecule has 3 nitrogen and oxygen atoms in total. The molecule has 120 valence electrons. The summed E-state index contributed by atoms with van der Waals surface area (Å²) < 4.78 is 0. The molecule has 1 amide bonds. The SMILES string of the molecule is CN(C)c1ccc(/C=C/C(C)(C)NC(=O)c2ccccc2)cc1. The van der Waals surface area contributed by atoms with Gasteiger partial charge in [0.25, 0.3) is 5.91 Å².